The predicted molar refractivity (Wildman–Crippen MR) is 82.6 cm³/mol. The highest BCUT2D eigenvalue weighted by molar-refractivity contribution is 6.17. The first-order valence-electron chi connectivity index (χ1n) is 6.65. The van der Waals surface area contributed by atoms with Crippen LogP contribution in [-0.2, 0) is 13.6 Å². The van der Waals surface area contributed by atoms with Gasteiger partial charge in [-0.1, -0.05) is 0 Å². The highest BCUT2D eigenvalue weighted by atomic mass is 16.2. The molecule has 11 nitrogen and oxygen atoms in total. The quantitative estimate of drug-likeness (QED) is 0.487. The summed E-state index contributed by atoms with van der Waals surface area (Å²) in [5, 5.41) is 0. The molecule has 23 heavy (non-hydrogen) atoms. The van der Waals surface area contributed by atoms with Gasteiger partial charge >= 0.3 is 5.69 Å². The maximum atomic E-state index is 12.7. The number of aryl methyl sites for hydroxylation is 1. The Balaban J connectivity index is 2.29. The van der Waals surface area contributed by atoms with Crippen molar-refractivity contribution in [3.8, 4) is 0 Å². The number of hydrogen-bond donors (Lipinski definition) is 2. The van der Waals surface area contributed by atoms with Gasteiger partial charge in [0.1, 0.15) is 6.33 Å². The van der Waals surface area contributed by atoms with Gasteiger partial charge in [-0.25, -0.2) is 25.2 Å². The largest absolute Gasteiger partial charge is 0.332 e. The van der Waals surface area contributed by atoms with Gasteiger partial charge in [-0.2, -0.15) is 0 Å². The van der Waals surface area contributed by atoms with E-state index in [-0.39, 0.29) is 17.7 Å². The van der Waals surface area contributed by atoms with Crippen molar-refractivity contribution in [2.45, 2.75) is 19.3 Å². The highest BCUT2D eigenvalue weighted by Gasteiger charge is 2.31. The maximum Gasteiger partial charge on any atom is 0.332 e. The molecule has 0 amide bonds. The molecule has 0 unspecified atom stereocenters. The summed E-state index contributed by atoms with van der Waals surface area (Å²) in [5.74, 6) is 3.73. The first kappa shape index (κ1) is 15.0. The summed E-state index contributed by atoms with van der Waals surface area (Å²) in [6.45, 7) is 1.07. The van der Waals surface area contributed by atoms with Gasteiger partial charge in [0, 0.05) is 26.4 Å². The minimum Gasteiger partial charge on any atom is -0.279 e. The van der Waals surface area contributed by atoms with Crippen LogP contribution in [0.3, 0.4) is 0 Å². The van der Waals surface area contributed by atoms with Gasteiger partial charge in [0.05, 0.1) is 6.54 Å². The number of fused-ring (bicyclic) bond motifs is 1. The fourth-order valence-electron chi connectivity index (χ4n) is 2.42. The molecule has 0 radical (unpaired) electrons. The number of nitrogens with two attached hydrogens (primary N) is 1. The number of nitrogens with zero attached hydrogens (tertiary/aromatic N) is 6. The third kappa shape index (κ3) is 2.13. The molecule has 1 aliphatic rings. The molecule has 0 saturated heterocycles. The summed E-state index contributed by atoms with van der Waals surface area (Å²) >= 11 is 0. The zero-order valence-corrected chi connectivity index (χ0v) is 12.4. The highest BCUT2D eigenvalue weighted by Crippen LogP contribution is 2.13. The van der Waals surface area contributed by atoms with E-state index in [0.717, 1.165) is 9.13 Å². The van der Waals surface area contributed by atoms with Crippen molar-refractivity contribution in [2.24, 2.45) is 22.9 Å². The molecular weight excluding hydrogens is 304 g/mol. The molecular formula is C12H14N8O3. The molecule has 0 saturated carbocycles. The van der Waals surface area contributed by atoms with Crippen molar-refractivity contribution >= 4 is 29.5 Å². The van der Waals surface area contributed by atoms with Crippen molar-refractivity contribution in [1.82, 2.24) is 24.1 Å². The zero-order valence-electron chi connectivity index (χ0n) is 12.4. The normalized spacial score (nSPS) is 15.6. The van der Waals surface area contributed by atoms with Crippen LogP contribution in [0.25, 0.3) is 11.2 Å². The van der Waals surface area contributed by atoms with E-state index >= 15 is 0 Å². The van der Waals surface area contributed by atoms with Crippen LogP contribution in [0.15, 0.2) is 25.9 Å². The topological polar surface area (TPSA) is 142 Å². The lowest BCUT2D eigenvalue weighted by atomic mass is 10.3. The number of carbonyl (C=O) groups excluding carboxylic acids is 1. The summed E-state index contributed by atoms with van der Waals surface area (Å²) in [4.78, 5) is 48.8. The summed E-state index contributed by atoms with van der Waals surface area (Å²) in [5.41, 5.74) is 1.25. The number of hydrazine groups is 1. The lowest BCUT2D eigenvalue weighted by Crippen LogP contribution is -2.53. The molecule has 1 aliphatic heterocycles. The van der Waals surface area contributed by atoms with Crippen LogP contribution < -0.4 is 22.5 Å². The summed E-state index contributed by atoms with van der Waals surface area (Å²) in [6, 6.07) is 0. The second-order valence-corrected chi connectivity index (χ2v) is 5.06. The monoisotopic (exact) mass is 318 g/mol. The average molecular weight is 318 g/mol. The molecule has 0 bridgehead atoms. The Hall–Kier alpha value is -2.92. The molecule has 2 aromatic heterocycles. The first-order chi connectivity index (χ1) is 10.9. The van der Waals surface area contributed by atoms with Gasteiger partial charge in [0.2, 0.25) is 11.7 Å². The first-order valence-corrected chi connectivity index (χ1v) is 6.65. The Kier molecular flexibility index (Phi) is 3.30. The van der Waals surface area contributed by atoms with Crippen LogP contribution in [0.1, 0.15) is 11.7 Å². The van der Waals surface area contributed by atoms with E-state index in [0.29, 0.717) is 0 Å². The molecule has 0 fully saturated rings. The number of aromatic nitrogens is 4. The van der Waals surface area contributed by atoms with E-state index in [1.54, 1.807) is 0 Å². The fourth-order valence-corrected chi connectivity index (χ4v) is 2.42. The van der Waals surface area contributed by atoms with Crippen molar-refractivity contribution in [3.63, 3.8) is 0 Å². The van der Waals surface area contributed by atoms with E-state index in [4.69, 9.17) is 5.84 Å². The van der Waals surface area contributed by atoms with Gasteiger partial charge in [-0.05, 0) is 0 Å². The van der Waals surface area contributed by atoms with Gasteiger partial charge < -0.3 is 0 Å². The van der Waals surface area contributed by atoms with Gasteiger partial charge in [-0.15, -0.1) is 0 Å². The lowest BCUT2D eigenvalue weighted by molar-refractivity contribution is 0.0940. The number of carbonyl (C=O) groups is 1. The minimum absolute atomic E-state index is 0.0118. The van der Waals surface area contributed by atoms with Crippen LogP contribution in [0, 0.1) is 0 Å². The smallest absolute Gasteiger partial charge is 0.279 e. The molecule has 3 rings (SSSR count). The van der Waals surface area contributed by atoms with E-state index < -0.39 is 22.9 Å². The number of aliphatic imine (C=N–C) groups is 2. The molecule has 3 heterocycles. The van der Waals surface area contributed by atoms with Crippen LogP contribution in [-0.4, -0.2) is 42.8 Å². The van der Waals surface area contributed by atoms with E-state index in [1.807, 2.05) is 0 Å². The second kappa shape index (κ2) is 5.07. The molecule has 0 aromatic carbocycles. The Bertz CT molecular complexity index is 965. The number of rotatable bonds is 3. The molecule has 0 atom stereocenters. The minimum atomic E-state index is -1.33. The summed E-state index contributed by atoms with van der Waals surface area (Å²) in [6.07, 6.45) is 4.03. The zero-order chi connectivity index (χ0) is 16.8. The third-order valence-electron chi connectivity index (χ3n) is 3.62. The molecule has 0 aliphatic carbocycles. The van der Waals surface area contributed by atoms with Crippen LogP contribution in [0.2, 0.25) is 0 Å². The number of imidazole rings is 1. The van der Waals surface area contributed by atoms with Crippen molar-refractivity contribution in [2.75, 3.05) is 0 Å². The number of hydrogen-bond acceptors (Lipinski definition) is 8. The summed E-state index contributed by atoms with van der Waals surface area (Å²) in [7, 11) is 1.46. The van der Waals surface area contributed by atoms with E-state index in [9.17, 15) is 14.4 Å². The summed E-state index contributed by atoms with van der Waals surface area (Å²) < 4.78 is 3.20. The molecule has 120 valence electrons. The SMILES string of the molecule is CC(=O)n1cnc2c1c(=O)n(CC1(NN)N=CC=N1)c(=O)n2C. The van der Waals surface area contributed by atoms with Crippen molar-refractivity contribution in [1.29, 1.82) is 0 Å². The van der Waals surface area contributed by atoms with Gasteiger partial charge in [0.15, 0.2) is 11.2 Å². The van der Waals surface area contributed by atoms with Gasteiger partial charge in [-0.3, -0.25) is 29.1 Å². The molecule has 0 spiro atoms. The van der Waals surface area contributed by atoms with Crippen LogP contribution in [0.4, 0.5) is 0 Å². The third-order valence-corrected chi connectivity index (χ3v) is 3.62. The maximum absolute atomic E-state index is 12.7. The standard InChI is InChI=1S/C12H14N8O3/c1-7(21)20-6-14-9-8(20)10(22)19(11(23)18(9)2)5-12(17-13)15-3-4-16-12/h3-4,6,17H,5,13H2,1-2H3. The van der Waals surface area contributed by atoms with Crippen LogP contribution >= 0.6 is 0 Å². The average Bonchev–Trinajstić information content (AvgIpc) is 3.17. The van der Waals surface area contributed by atoms with Gasteiger partial charge in [0.25, 0.3) is 5.56 Å². The van der Waals surface area contributed by atoms with E-state index in [1.165, 1.54) is 37.3 Å². The predicted octanol–water partition coefficient (Wildman–Crippen LogP) is -2.17. The number of nitrogens with one attached hydrogen (secondary N) is 1. The molecule has 11 heteroatoms. The van der Waals surface area contributed by atoms with E-state index in [2.05, 4.69) is 20.4 Å². The Labute approximate surface area is 128 Å². The second-order valence-electron chi connectivity index (χ2n) is 5.06. The van der Waals surface area contributed by atoms with Crippen LogP contribution in [0.5, 0.6) is 0 Å². The lowest BCUT2D eigenvalue weighted by Gasteiger charge is -2.22. The Morgan fingerprint density at radius 2 is 2.00 bits per heavy atom. The molecule has 2 aromatic rings. The van der Waals surface area contributed by atoms with Crippen molar-refractivity contribution < 1.29 is 4.79 Å². The van der Waals surface area contributed by atoms with Crippen molar-refractivity contribution in [3.05, 3.63) is 27.2 Å². The molecule has 3 N–H and O–H groups in total. The Morgan fingerprint density at radius 3 is 2.57 bits per heavy atom. The fraction of sp³-hybridized carbons (Fsp3) is 0.333. The Morgan fingerprint density at radius 1 is 1.35 bits per heavy atom.